The lowest BCUT2D eigenvalue weighted by Gasteiger charge is -2.45. The summed E-state index contributed by atoms with van der Waals surface area (Å²) in [6, 6.07) is 7.01. The number of halogens is 2. The second-order valence-corrected chi connectivity index (χ2v) is 7.71. The third kappa shape index (κ3) is 3.45. The largest absolute Gasteiger partial charge is 0.365 e. The van der Waals surface area contributed by atoms with E-state index in [0.717, 1.165) is 22.6 Å². The number of piperazine rings is 1. The average Bonchev–Trinajstić information content (AvgIpc) is 2.29. The van der Waals surface area contributed by atoms with E-state index in [1.54, 1.807) is 0 Å². The van der Waals surface area contributed by atoms with Gasteiger partial charge in [0, 0.05) is 34.7 Å². The molecule has 0 aliphatic carbocycles. The van der Waals surface area contributed by atoms with E-state index in [2.05, 4.69) is 59.9 Å². The number of hydrogen-bond donors (Lipinski definition) is 1. The zero-order valence-corrected chi connectivity index (χ0v) is 14.3. The van der Waals surface area contributed by atoms with Crippen LogP contribution in [0.15, 0.2) is 22.7 Å². The van der Waals surface area contributed by atoms with Crippen LogP contribution in [-0.2, 0) is 0 Å². The summed E-state index contributed by atoms with van der Waals surface area (Å²) in [6.45, 7) is 11.1. The molecule has 2 unspecified atom stereocenters. The zero-order valence-electron chi connectivity index (χ0n) is 12.0. The van der Waals surface area contributed by atoms with Crippen LogP contribution in [0.1, 0.15) is 27.7 Å². The predicted octanol–water partition coefficient (Wildman–Crippen LogP) is 4.32. The lowest BCUT2D eigenvalue weighted by Crippen LogP contribution is -2.59. The first-order chi connectivity index (χ1) is 8.79. The van der Waals surface area contributed by atoms with Crippen molar-refractivity contribution in [2.24, 2.45) is 5.41 Å². The molecular weight excluding hydrogens is 324 g/mol. The van der Waals surface area contributed by atoms with Gasteiger partial charge in [0.2, 0.25) is 0 Å². The highest BCUT2D eigenvalue weighted by Crippen LogP contribution is 2.33. The minimum Gasteiger partial charge on any atom is -0.365 e. The number of rotatable bonds is 1. The summed E-state index contributed by atoms with van der Waals surface area (Å²) in [5.74, 6) is 0. The summed E-state index contributed by atoms with van der Waals surface area (Å²) in [4.78, 5) is 2.47. The summed E-state index contributed by atoms with van der Waals surface area (Å²) in [7, 11) is 0. The molecule has 0 aromatic heterocycles. The number of hydrogen-bond acceptors (Lipinski definition) is 2. The fourth-order valence-electron chi connectivity index (χ4n) is 2.49. The fourth-order valence-corrected chi connectivity index (χ4v) is 3.40. The molecule has 1 aliphatic heterocycles. The highest BCUT2D eigenvalue weighted by Gasteiger charge is 2.33. The summed E-state index contributed by atoms with van der Waals surface area (Å²) in [5, 5.41) is 4.43. The van der Waals surface area contributed by atoms with Gasteiger partial charge in [-0.15, -0.1) is 0 Å². The van der Waals surface area contributed by atoms with Crippen molar-refractivity contribution in [1.29, 1.82) is 0 Å². The maximum Gasteiger partial charge on any atom is 0.0515 e. The molecule has 1 aromatic carbocycles. The van der Waals surface area contributed by atoms with E-state index in [4.69, 9.17) is 11.6 Å². The Kier molecular flexibility index (Phi) is 4.49. The second-order valence-electron chi connectivity index (χ2n) is 6.42. The van der Waals surface area contributed by atoms with Crippen molar-refractivity contribution in [3.8, 4) is 0 Å². The molecule has 4 heteroatoms. The predicted molar refractivity (Wildman–Crippen MR) is 87.2 cm³/mol. The summed E-state index contributed by atoms with van der Waals surface area (Å²) < 4.78 is 1.07. The van der Waals surface area contributed by atoms with Crippen LogP contribution in [0.25, 0.3) is 0 Å². The molecule has 2 atom stereocenters. The maximum atomic E-state index is 6.03. The van der Waals surface area contributed by atoms with E-state index in [1.807, 2.05) is 12.1 Å². The highest BCUT2D eigenvalue weighted by atomic mass is 79.9. The van der Waals surface area contributed by atoms with Gasteiger partial charge in [0.25, 0.3) is 0 Å². The average molecular weight is 346 g/mol. The molecule has 2 nitrogen and oxygen atoms in total. The Balaban J connectivity index is 2.26. The first-order valence-corrected chi connectivity index (χ1v) is 7.91. The molecule has 0 saturated carbocycles. The van der Waals surface area contributed by atoms with Gasteiger partial charge in [-0.1, -0.05) is 32.4 Å². The number of nitrogens with zero attached hydrogens (tertiary/aromatic N) is 1. The molecule has 0 amide bonds. The highest BCUT2D eigenvalue weighted by molar-refractivity contribution is 9.10. The molecule has 1 N–H and O–H groups in total. The van der Waals surface area contributed by atoms with Crippen molar-refractivity contribution in [2.45, 2.75) is 39.8 Å². The fraction of sp³-hybridized carbons (Fsp3) is 0.600. The summed E-state index contributed by atoms with van der Waals surface area (Å²) in [5.41, 5.74) is 1.49. The van der Waals surface area contributed by atoms with Gasteiger partial charge in [0.1, 0.15) is 0 Å². The second kappa shape index (κ2) is 5.63. The van der Waals surface area contributed by atoms with E-state index in [-0.39, 0.29) is 5.41 Å². The Hall–Kier alpha value is -0.250. The molecule has 19 heavy (non-hydrogen) atoms. The SMILES string of the molecule is CC1CNC(C(C)(C)C)CN1c1ccc(Cl)cc1Br. The minimum absolute atomic E-state index is 0.261. The Morgan fingerprint density at radius 2 is 2.05 bits per heavy atom. The Morgan fingerprint density at radius 1 is 1.37 bits per heavy atom. The van der Waals surface area contributed by atoms with Crippen LogP contribution < -0.4 is 10.2 Å². The molecular formula is C15H22BrClN2. The van der Waals surface area contributed by atoms with E-state index in [9.17, 15) is 0 Å². The lowest BCUT2D eigenvalue weighted by atomic mass is 9.84. The van der Waals surface area contributed by atoms with Gasteiger partial charge >= 0.3 is 0 Å². The van der Waals surface area contributed by atoms with Crippen molar-refractivity contribution in [3.63, 3.8) is 0 Å². The Bertz CT molecular complexity index is 456. The minimum atomic E-state index is 0.261. The Labute approximate surface area is 129 Å². The van der Waals surface area contributed by atoms with Gasteiger partial charge < -0.3 is 10.2 Å². The van der Waals surface area contributed by atoms with Crippen molar-refractivity contribution >= 4 is 33.2 Å². The van der Waals surface area contributed by atoms with Crippen molar-refractivity contribution < 1.29 is 0 Å². The van der Waals surface area contributed by atoms with Crippen molar-refractivity contribution in [1.82, 2.24) is 5.32 Å². The van der Waals surface area contributed by atoms with Gasteiger partial charge in [-0.2, -0.15) is 0 Å². The Morgan fingerprint density at radius 3 is 2.63 bits per heavy atom. The van der Waals surface area contributed by atoms with Gasteiger partial charge in [0.15, 0.2) is 0 Å². The first-order valence-electron chi connectivity index (χ1n) is 6.74. The van der Waals surface area contributed by atoms with Crippen LogP contribution in [0.4, 0.5) is 5.69 Å². The van der Waals surface area contributed by atoms with Gasteiger partial charge in [-0.05, 0) is 46.5 Å². The lowest BCUT2D eigenvalue weighted by molar-refractivity contribution is 0.239. The maximum absolute atomic E-state index is 6.03. The normalized spacial score (nSPS) is 24.6. The zero-order chi connectivity index (χ0) is 14.2. The molecule has 1 heterocycles. The van der Waals surface area contributed by atoms with E-state index < -0.39 is 0 Å². The molecule has 2 rings (SSSR count). The van der Waals surface area contributed by atoms with Crippen LogP contribution >= 0.6 is 27.5 Å². The quantitative estimate of drug-likeness (QED) is 0.815. The van der Waals surface area contributed by atoms with E-state index >= 15 is 0 Å². The van der Waals surface area contributed by atoms with Gasteiger partial charge in [-0.25, -0.2) is 0 Å². The topological polar surface area (TPSA) is 15.3 Å². The van der Waals surface area contributed by atoms with Crippen molar-refractivity contribution in [2.75, 3.05) is 18.0 Å². The van der Waals surface area contributed by atoms with Crippen molar-refractivity contribution in [3.05, 3.63) is 27.7 Å². The molecule has 1 aliphatic rings. The number of anilines is 1. The number of nitrogens with one attached hydrogen (secondary N) is 1. The van der Waals surface area contributed by atoms with Gasteiger partial charge in [0.05, 0.1) is 5.69 Å². The van der Waals surface area contributed by atoms with Crippen LogP contribution in [0.2, 0.25) is 5.02 Å². The molecule has 1 aromatic rings. The molecule has 1 fully saturated rings. The third-order valence-electron chi connectivity index (χ3n) is 3.84. The summed E-state index contributed by atoms with van der Waals surface area (Å²) in [6.07, 6.45) is 0. The van der Waals surface area contributed by atoms with Crippen LogP contribution in [0.5, 0.6) is 0 Å². The molecule has 0 spiro atoms. The van der Waals surface area contributed by atoms with E-state index in [1.165, 1.54) is 5.69 Å². The molecule has 0 radical (unpaired) electrons. The summed E-state index contributed by atoms with van der Waals surface area (Å²) >= 11 is 9.67. The van der Waals surface area contributed by atoms with E-state index in [0.29, 0.717) is 12.1 Å². The van der Waals surface area contributed by atoms with Crippen LogP contribution in [0, 0.1) is 5.41 Å². The molecule has 106 valence electrons. The monoisotopic (exact) mass is 344 g/mol. The van der Waals surface area contributed by atoms with Gasteiger partial charge in [-0.3, -0.25) is 0 Å². The smallest absolute Gasteiger partial charge is 0.0515 e. The standard InChI is InChI=1S/C15H22BrClN2/c1-10-8-18-14(15(2,3)4)9-19(10)13-6-5-11(17)7-12(13)16/h5-7,10,14,18H,8-9H2,1-4H3. The first kappa shape index (κ1) is 15.1. The van der Waals surface area contributed by atoms with Crippen LogP contribution in [0.3, 0.4) is 0 Å². The molecule has 1 saturated heterocycles. The number of benzene rings is 1. The van der Waals surface area contributed by atoms with Crippen LogP contribution in [-0.4, -0.2) is 25.2 Å². The molecule has 0 bridgehead atoms. The third-order valence-corrected chi connectivity index (χ3v) is 4.71.